The van der Waals surface area contributed by atoms with E-state index >= 15 is 0 Å². The van der Waals surface area contributed by atoms with Crippen LogP contribution in [-0.2, 0) is 4.43 Å². The van der Waals surface area contributed by atoms with Crippen LogP contribution in [0, 0.1) is 0 Å². The molecule has 0 saturated heterocycles. The highest BCUT2D eigenvalue weighted by atomic mass is 32.1. The minimum Gasteiger partial charge on any atom is -0.390 e. The first-order valence-electron chi connectivity index (χ1n) is 4.14. The summed E-state index contributed by atoms with van der Waals surface area (Å²) in [6.45, 7) is 0.633. The number of hydrogen-bond acceptors (Lipinski definition) is 7. The summed E-state index contributed by atoms with van der Waals surface area (Å²) in [6.07, 6.45) is 0.632. The van der Waals surface area contributed by atoms with Gasteiger partial charge in [0.2, 0.25) is 5.13 Å². The van der Waals surface area contributed by atoms with Crippen molar-refractivity contribution in [1.82, 2.24) is 10.2 Å². The smallest absolute Gasteiger partial charge is 0.390 e. The number of aromatic nitrogens is 2. The standard InChI is InChI=1S/C6H13N3O3SSi/c1-12-14(10,11)4-2-3-7-6-9-8-5-13-6/h5,10-11H,2-4H2,1H3,(H,7,9). The van der Waals surface area contributed by atoms with Gasteiger partial charge in [-0.2, -0.15) is 0 Å². The highest BCUT2D eigenvalue weighted by Gasteiger charge is 2.29. The molecule has 3 N–H and O–H groups in total. The summed E-state index contributed by atoms with van der Waals surface area (Å²) in [7, 11) is -2.06. The molecule has 0 radical (unpaired) electrons. The SMILES string of the molecule is CO[Si](O)(O)CCCNc1nncs1. The van der Waals surface area contributed by atoms with Crippen LogP contribution in [0.25, 0.3) is 0 Å². The molecule has 0 aromatic carbocycles. The predicted molar refractivity (Wildman–Crippen MR) is 55.0 cm³/mol. The number of nitrogens with zero attached hydrogens (tertiary/aromatic N) is 2. The van der Waals surface area contributed by atoms with E-state index in [0.717, 1.165) is 5.13 Å². The van der Waals surface area contributed by atoms with E-state index in [0.29, 0.717) is 13.0 Å². The topological polar surface area (TPSA) is 87.5 Å². The van der Waals surface area contributed by atoms with Crippen molar-refractivity contribution in [3.8, 4) is 0 Å². The molecule has 1 aromatic rings. The molecule has 0 aliphatic carbocycles. The first-order valence-corrected chi connectivity index (χ1v) is 7.03. The van der Waals surface area contributed by atoms with Crippen molar-refractivity contribution in [2.24, 2.45) is 0 Å². The summed E-state index contributed by atoms with van der Waals surface area (Å²) in [5, 5.41) is 11.2. The van der Waals surface area contributed by atoms with Gasteiger partial charge < -0.3 is 19.3 Å². The van der Waals surface area contributed by atoms with Crippen LogP contribution in [0.5, 0.6) is 0 Å². The average Bonchev–Trinajstić information content (AvgIpc) is 2.65. The van der Waals surface area contributed by atoms with Crippen molar-refractivity contribution in [2.75, 3.05) is 19.0 Å². The highest BCUT2D eigenvalue weighted by Crippen LogP contribution is 2.10. The van der Waals surface area contributed by atoms with Crippen LogP contribution in [0.1, 0.15) is 6.42 Å². The maximum Gasteiger partial charge on any atom is 0.495 e. The summed E-state index contributed by atoms with van der Waals surface area (Å²) in [4.78, 5) is 18.4. The molecule has 1 aromatic heterocycles. The van der Waals surface area contributed by atoms with Crippen LogP contribution in [0.4, 0.5) is 5.13 Å². The molecular formula is C6H13N3O3SSi. The van der Waals surface area contributed by atoms with Gasteiger partial charge in [-0.1, -0.05) is 11.3 Å². The Hall–Kier alpha value is -0.543. The van der Waals surface area contributed by atoms with E-state index in [1.165, 1.54) is 18.4 Å². The van der Waals surface area contributed by atoms with Gasteiger partial charge >= 0.3 is 8.80 Å². The molecule has 0 saturated carbocycles. The minimum absolute atomic E-state index is 0.287. The van der Waals surface area contributed by atoms with Crippen LogP contribution in [0.3, 0.4) is 0 Å². The molecule has 0 amide bonds. The fourth-order valence-electron chi connectivity index (χ4n) is 0.866. The second-order valence-corrected chi connectivity index (χ2v) is 5.95. The number of hydrogen-bond donors (Lipinski definition) is 3. The van der Waals surface area contributed by atoms with Gasteiger partial charge in [0, 0.05) is 19.7 Å². The second-order valence-electron chi connectivity index (χ2n) is 2.72. The van der Waals surface area contributed by atoms with Gasteiger partial charge in [0.25, 0.3) is 0 Å². The van der Waals surface area contributed by atoms with Crippen molar-refractivity contribution >= 4 is 25.3 Å². The molecule has 80 valence electrons. The zero-order valence-corrected chi connectivity index (χ0v) is 9.62. The fourth-order valence-corrected chi connectivity index (χ4v) is 2.18. The van der Waals surface area contributed by atoms with Gasteiger partial charge in [-0.25, -0.2) is 0 Å². The first kappa shape index (κ1) is 11.5. The van der Waals surface area contributed by atoms with Gasteiger partial charge in [0.05, 0.1) is 0 Å². The molecule has 0 fully saturated rings. The Kier molecular flexibility index (Phi) is 4.42. The lowest BCUT2D eigenvalue weighted by molar-refractivity contribution is 0.184. The summed E-state index contributed by atoms with van der Waals surface area (Å²) in [6, 6.07) is 0.287. The van der Waals surface area contributed by atoms with Crippen molar-refractivity contribution in [1.29, 1.82) is 0 Å². The summed E-state index contributed by atoms with van der Waals surface area (Å²) >= 11 is 1.41. The van der Waals surface area contributed by atoms with Crippen LogP contribution >= 0.6 is 11.3 Å². The van der Waals surface area contributed by atoms with Crippen LogP contribution in [0.2, 0.25) is 6.04 Å². The molecule has 8 heteroatoms. The fraction of sp³-hybridized carbons (Fsp3) is 0.667. The van der Waals surface area contributed by atoms with E-state index in [-0.39, 0.29) is 6.04 Å². The number of anilines is 1. The monoisotopic (exact) mass is 235 g/mol. The minimum atomic E-state index is -3.37. The van der Waals surface area contributed by atoms with Crippen LogP contribution in [-0.4, -0.2) is 42.2 Å². The van der Waals surface area contributed by atoms with Crippen LogP contribution in [0.15, 0.2) is 5.51 Å². The lowest BCUT2D eigenvalue weighted by Gasteiger charge is -2.13. The third-order valence-electron chi connectivity index (χ3n) is 1.64. The average molecular weight is 235 g/mol. The molecule has 0 bridgehead atoms. The highest BCUT2D eigenvalue weighted by molar-refractivity contribution is 7.13. The van der Waals surface area contributed by atoms with Crippen molar-refractivity contribution < 1.29 is 14.0 Å². The molecule has 14 heavy (non-hydrogen) atoms. The van der Waals surface area contributed by atoms with Crippen molar-refractivity contribution in [3.05, 3.63) is 5.51 Å². The molecule has 0 unspecified atom stereocenters. The van der Waals surface area contributed by atoms with E-state index in [1.54, 1.807) is 5.51 Å². The van der Waals surface area contributed by atoms with Gasteiger partial charge in [0.15, 0.2) is 0 Å². The molecule has 0 aliphatic heterocycles. The summed E-state index contributed by atoms with van der Waals surface area (Å²) in [5.74, 6) is 0. The Morgan fingerprint density at radius 1 is 1.64 bits per heavy atom. The summed E-state index contributed by atoms with van der Waals surface area (Å²) < 4.78 is 4.57. The predicted octanol–water partition coefficient (Wildman–Crippen LogP) is -0.0900. The van der Waals surface area contributed by atoms with Gasteiger partial charge in [-0.15, -0.1) is 10.2 Å². The third kappa shape index (κ3) is 4.11. The molecule has 0 atom stereocenters. The largest absolute Gasteiger partial charge is 0.495 e. The molecule has 0 aliphatic rings. The second kappa shape index (κ2) is 5.37. The van der Waals surface area contributed by atoms with Gasteiger partial charge in [-0.05, 0) is 6.42 Å². The first-order chi connectivity index (χ1) is 6.64. The lowest BCUT2D eigenvalue weighted by Crippen LogP contribution is -2.37. The molecule has 6 nitrogen and oxygen atoms in total. The van der Waals surface area contributed by atoms with E-state index in [4.69, 9.17) is 0 Å². The molecule has 1 heterocycles. The Morgan fingerprint density at radius 3 is 3.00 bits per heavy atom. The van der Waals surface area contributed by atoms with Crippen molar-refractivity contribution in [3.63, 3.8) is 0 Å². The van der Waals surface area contributed by atoms with E-state index in [1.807, 2.05) is 0 Å². The maximum atomic E-state index is 9.20. The summed E-state index contributed by atoms with van der Waals surface area (Å²) in [5.41, 5.74) is 1.63. The van der Waals surface area contributed by atoms with Gasteiger partial charge in [-0.3, -0.25) is 0 Å². The third-order valence-corrected chi connectivity index (χ3v) is 3.95. The Bertz CT molecular complexity index is 257. The zero-order chi connectivity index (χ0) is 10.4. The molecular weight excluding hydrogens is 222 g/mol. The Balaban J connectivity index is 2.11. The van der Waals surface area contributed by atoms with Crippen molar-refractivity contribution in [2.45, 2.75) is 12.5 Å². The normalized spacial score (nSPS) is 11.6. The molecule has 1 rings (SSSR count). The number of nitrogens with one attached hydrogen (secondary N) is 1. The van der Waals surface area contributed by atoms with Crippen LogP contribution < -0.4 is 5.32 Å². The zero-order valence-electron chi connectivity index (χ0n) is 7.80. The van der Waals surface area contributed by atoms with E-state index < -0.39 is 8.80 Å². The molecule has 0 spiro atoms. The number of rotatable bonds is 6. The Morgan fingerprint density at radius 2 is 2.43 bits per heavy atom. The maximum absolute atomic E-state index is 9.20. The quantitative estimate of drug-likeness (QED) is 0.472. The Labute approximate surface area is 86.9 Å². The lowest BCUT2D eigenvalue weighted by atomic mass is 10.5. The van der Waals surface area contributed by atoms with E-state index in [9.17, 15) is 9.59 Å². The van der Waals surface area contributed by atoms with Gasteiger partial charge in [0.1, 0.15) is 5.51 Å². The van der Waals surface area contributed by atoms with E-state index in [2.05, 4.69) is 19.9 Å².